The minimum Gasteiger partial charge on any atom is -0.481 e. The van der Waals surface area contributed by atoms with Crippen LogP contribution in [0.15, 0.2) is 0 Å². The van der Waals surface area contributed by atoms with E-state index in [0.717, 1.165) is 6.92 Å². The van der Waals surface area contributed by atoms with Gasteiger partial charge in [-0.15, -0.1) is 44.7 Å². The molecule has 16 N–H and O–H groups in total. The summed E-state index contributed by atoms with van der Waals surface area (Å²) in [7, 11) is 5.85. The van der Waals surface area contributed by atoms with E-state index in [1.165, 1.54) is 55.9 Å². The van der Waals surface area contributed by atoms with Crippen LogP contribution in [0.25, 0.3) is 0 Å². The van der Waals surface area contributed by atoms with E-state index in [1.807, 2.05) is 2.99 Å². The summed E-state index contributed by atoms with van der Waals surface area (Å²) >= 11 is 5.95. The molecule has 0 saturated carbocycles. The van der Waals surface area contributed by atoms with E-state index in [2.05, 4.69) is 88.3 Å². The van der Waals surface area contributed by atoms with E-state index in [4.69, 9.17) is 27.1 Å². The van der Waals surface area contributed by atoms with Crippen LogP contribution in [0, 0.1) is 0 Å². The first-order chi connectivity index (χ1) is 19.2. The van der Waals surface area contributed by atoms with Crippen LogP contribution in [0.1, 0.15) is 42.0 Å². The van der Waals surface area contributed by atoms with Gasteiger partial charge in [-0.25, -0.2) is 0 Å². The molecule has 0 aliphatic rings. The second-order valence-electron chi connectivity index (χ2n) is 5.11. The molecule has 0 fully saturated rings. The minimum atomic E-state index is -0.833. The van der Waals surface area contributed by atoms with Crippen molar-refractivity contribution in [1.29, 1.82) is 0 Å². The van der Waals surface area contributed by atoms with Crippen molar-refractivity contribution in [3.63, 3.8) is 0 Å². The standard InChI is InChI=1S/C6H12N2O2.C4H10N2O.C3H6O2.C2H8N2.C2H4O2.3CH5N.CH4.BI2.BI.B.2V/c1-5(9)7-3-4-8-6(2)10;1-4(7)6-3-2-5;1-3(4)5-2;3-1-2-4;1-2(3)4;3*1-2;;2-1-3;1-2;;;/h3-4H2,1-2H3,(H,7,9)(H,8,10);2-3,5H2,1H3,(H,6,7);1-2H3;1-4H2;1H3,(H,3,4);3*2H2,1H3;1H4;;;;;. The SMILES string of the molecule is C.CC(=O)NCCN.CC(=O)NCCNC(C)=O.CC(=O)O.CN.CN.CN.COC(C)=O.I[B]I.NCCN.[B].[B]I.[V].[V]. The topological polar surface area (TPSA) is 307 Å². The van der Waals surface area contributed by atoms with Gasteiger partial charge in [0.25, 0.3) is 8.96 Å². The fraction of sp³-hybridized carbons (Fsp3) is 0.762. The Morgan fingerprint density at radius 2 is 0.822 bits per heavy atom. The summed E-state index contributed by atoms with van der Waals surface area (Å²) in [6, 6.07) is 0. The first-order valence-electron chi connectivity index (χ1n) is 11.3. The predicted octanol–water partition coefficient (Wildman–Crippen LogP) is -1.62. The first kappa shape index (κ1) is 90.9. The zero-order chi connectivity index (χ0) is 35.7. The molecule has 8 radical (unpaired) electrons. The number of ether oxygens (including phenoxy) is 1. The number of aliphatic carboxylic acids is 1. The van der Waals surface area contributed by atoms with Crippen molar-refractivity contribution in [3.8, 4) is 0 Å². The third-order valence-electron chi connectivity index (χ3n) is 1.85. The quantitative estimate of drug-likeness (QED) is 0.0621. The molecule has 0 unspecified atom stereocenters. The Morgan fingerprint density at radius 3 is 0.889 bits per heavy atom. The molecule has 0 aromatic rings. The third kappa shape index (κ3) is 378. The van der Waals surface area contributed by atoms with Crippen LogP contribution in [0.4, 0.5) is 0 Å². The fourth-order valence-corrected chi connectivity index (χ4v) is 0.725. The van der Waals surface area contributed by atoms with Crippen molar-refractivity contribution in [2.75, 3.05) is 67.5 Å². The van der Waals surface area contributed by atoms with Gasteiger partial charge in [-0.3, -0.25) is 24.0 Å². The van der Waals surface area contributed by atoms with Crippen molar-refractivity contribution in [1.82, 2.24) is 16.0 Å². The summed E-state index contributed by atoms with van der Waals surface area (Å²) in [5.74, 6) is -1.26. The number of rotatable bonds is 6. The number of amides is 3. The smallest absolute Gasteiger partial charge is 0.302 e. The third-order valence-corrected chi connectivity index (χ3v) is 1.85. The predicted molar refractivity (Wildman–Crippen MR) is 211 cm³/mol. The Kier molecular flexibility index (Phi) is 242. The summed E-state index contributed by atoms with van der Waals surface area (Å²) in [6.07, 6.45) is 0. The van der Waals surface area contributed by atoms with Gasteiger partial charge < -0.3 is 60.2 Å². The van der Waals surface area contributed by atoms with E-state index >= 15 is 0 Å². The van der Waals surface area contributed by atoms with E-state index in [-0.39, 0.29) is 76.6 Å². The minimum absolute atomic E-state index is 0. The van der Waals surface area contributed by atoms with Gasteiger partial charge in [0, 0.05) is 119 Å². The number of carboxylic acid groups (broad SMARTS) is 1. The van der Waals surface area contributed by atoms with Crippen molar-refractivity contribution in [2.45, 2.75) is 42.0 Å². The van der Waals surface area contributed by atoms with Crippen LogP contribution in [-0.4, -0.2) is 119 Å². The normalized spacial score (nSPS) is 6.00. The van der Waals surface area contributed by atoms with Crippen LogP contribution < -0.4 is 50.4 Å². The molecule has 0 aliphatic carbocycles. The molecule has 0 aliphatic heterocycles. The van der Waals surface area contributed by atoms with Crippen LogP contribution in [-0.2, 0) is 65.8 Å². The molecular weight excluding hydrogens is 1010 g/mol. The Labute approximate surface area is 341 Å². The molecule has 45 heavy (non-hydrogen) atoms. The van der Waals surface area contributed by atoms with Gasteiger partial charge in [-0.2, -0.15) is 22.4 Å². The van der Waals surface area contributed by atoms with Gasteiger partial charge in [0.2, 0.25) is 17.7 Å². The van der Waals surface area contributed by atoms with Gasteiger partial charge in [0.05, 0.1) is 7.11 Å². The number of nitrogens with one attached hydrogen (secondary N) is 3. The first-order valence-corrected chi connectivity index (χ1v) is 15.0. The van der Waals surface area contributed by atoms with E-state index < -0.39 is 5.97 Å². The molecule has 0 saturated heterocycles. The molecule has 3 amide bonds. The zero-order valence-corrected chi connectivity index (χ0v) is 36.6. The molecule has 24 heteroatoms. The Hall–Kier alpha value is 0.664. The van der Waals surface area contributed by atoms with Gasteiger partial charge in [-0.05, 0) is 21.1 Å². The molecule has 270 valence electrons. The average molecular weight is 1060 g/mol. The van der Waals surface area contributed by atoms with E-state index in [1.54, 1.807) is 22.4 Å². The van der Waals surface area contributed by atoms with Crippen molar-refractivity contribution >= 4 is 114 Å². The Balaban J connectivity index is -0.0000000207. The van der Waals surface area contributed by atoms with Crippen LogP contribution in [0.3, 0.4) is 0 Å². The summed E-state index contributed by atoms with van der Waals surface area (Å²) in [4.78, 5) is 49.2. The molecule has 0 heterocycles. The molecule has 0 bridgehead atoms. The Bertz CT molecular complexity index is 493. The van der Waals surface area contributed by atoms with Crippen molar-refractivity contribution in [3.05, 3.63) is 0 Å². The van der Waals surface area contributed by atoms with Crippen LogP contribution >= 0.6 is 67.1 Å². The number of carbonyl (C=O) groups excluding carboxylic acids is 4. The molecule has 0 spiro atoms. The largest absolute Gasteiger partial charge is 0.481 e. The maximum Gasteiger partial charge on any atom is 0.302 e. The van der Waals surface area contributed by atoms with Crippen molar-refractivity contribution < 1.29 is 70.9 Å². The van der Waals surface area contributed by atoms with Gasteiger partial charge >= 0.3 is 5.97 Å². The van der Waals surface area contributed by atoms with E-state index in [9.17, 15) is 19.2 Å². The fourth-order valence-electron chi connectivity index (χ4n) is 0.725. The maximum absolute atomic E-state index is 10.3. The van der Waals surface area contributed by atoms with Crippen LogP contribution in [0.5, 0.6) is 0 Å². The van der Waals surface area contributed by atoms with Gasteiger partial charge in [0.15, 0.2) is 5.70 Å². The molecule has 0 aromatic heterocycles. The zero-order valence-electron chi connectivity index (χ0n) is 27.4. The molecule has 0 atom stereocenters. The number of esters is 1. The maximum atomic E-state index is 10.3. The second kappa shape index (κ2) is 120. The Morgan fingerprint density at radius 1 is 0.667 bits per heavy atom. The molecule has 0 rings (SSSR count). The van der Waals surface area contributed by atoms with Gasteiger partial charge in [-0.1, -0.05) is 7.43 Å². The van der Waals surface area contributed by atoms with Crippen molar-refractivity contribution in [2.24, 2.45) is 34.4 Å². The molecule has 16 nitrogen and oxygen atoms in total. The molecule has 0 aromatic carbocycles. The summed E-state index contributed by atoms with van der Waals surface area (Å²) in [5, 5.41) is 15.0. The number of hydrogen-bond donors (Lipinski definition) is 10. The number of hydrogen-bond acceptors (Lipinski definition) is 12. The van der Waals surface area contributed by atoms with E-state index in [0.29, 0.717) is 39.3 Å². The average Bonchev–Trinajstić information content (AvgIpc) is 2.95. The number of carboxylic acids is 1. The summed E-state index contributed by atoms with van der Waals surface area (Å²) in [5.41, 5.74) is 32.8. The second-order valence-corrected chi connectivity index (χ2v) is 8.74. The summed E-state index contributed by atoms with van der Waals surface area (Å²) < 4.78 is 6.05. The number of methoxy groups -OCH3 is 1. The summed E-state index contributed by atoms with van der Waals surface area (Å²) in [6.45, 7) is 10.1. The van der Waals surface area contributed by atoms with Gasteiger partial charge in [0.1, 0.15) is 0 Å². The number of carbonyl (C=O) groups is 5. The van der Waals surface area contributed by atoms with Crippen LogP contribution in [0.2, 0.25) is 0 Å². The number of nitrogens with two attached hydrogens (primary N) is 6. The monoisotopic (exact) mass is 1070 g/mol. The molecular formula is C21H59B3I3N9O7V2. The number of halogens is 3.